The average molecular weight is 344 g/mol. The molecule has 1 heterocycles. The molecule has 0 aliphatic carbocycles. The SMILES string of the molecule is Cc1ccc2oc(C(=O)OCc3cccc4ccccc34)cc(=O)c2c1. The van der Waals surface area contributed by atoms with E-state index in [4.69, 9.17) is 9.15 Å². The van der Waals surface area contributed by atoms with Crippen molar-refractivity contribution in [3.8, 4) is 0 Å². The van der Waals surface area contributed by atoms with Gasteiger partial charge in [0.2, 0.25) is 5.76 Å². The van der Waals surface area contributed by atoms with Crippen LogP contribution in [0.5, 0.6) is 0 Å². The van der Waals surface area contributed by atoms with E-state index >= 15 is 0 Å². The Balaban J connectivity index is 1.61. The molecule has 26 heavy (non-hydrogen) atoms. The monoisotopic (exact) mass is 344 g/mol. The quantitative estimate of drug-likeness (QED) is 0.509. The van der Waals surface area contributed by atoms with E-state index in [0.717, 1.165) is 21.9 Å². The summed E-state index contributed by atoms with van der Waals surface area (Å²) >= 11 is 0. The maximum absolute atomic E-state index is 12.4. The normalized spacial score (nSPS) is 11.0. The second-order valence-electron chi connectivity index (χ2n) is 6.19. The third-order valence-electron chi connectivity index (χ3n) is 4.32. The maximum Gasteiger partial charge on any atom is 0.374 e. The Morgan fingerprint density at radius 2 is 1.77 bits per heavy atom. The molecule has 0 spiro atoms. The molecule has 4 aromatic rings. The largest absolute Gasteiger partial charge is 0.455 e. The summed E-state index contributed by atoms with van der Waals surface area (Å²) in [6, 6.07) is 20.2. The molecule has 0 amide bonds. The van der Waals surface area contributed by atoms with Crippen LogP contribution < -0.4 is 5.43 Å². The molecule has 4 heteroatoms. The Bertz CT molecular complexity index is 1180. The Labute approximate surface area is 149 Å². The van der Waals surface area contributed by atoms with Gasteiger partial charge in [0.1, 0.15) is 12.2 Å². The lowest BCUT2D eigenvalue weighted by Crippen LogP contribution is -2.10. The van der Waals surface area contributed by atoms with Gasteiger partial charge in [0.05, 0.1) is 5.39 Å². The first-order valence-corrected chi connectivity index (χ1v) is 8.30. The zero-order valence-corrected chi connectivity index (χ0v) is 14.2. The molecule has 4 nitrogen and oxygen atoms in total. The minimum atomic E-state index is -0.655. The first-order chi connectivity index (χ1) is 12.6. The van der Waals surface area contributed by atoms with E-state index in [0.29, 0.717) is 11.0 Å². The van der Waals surface area contributed by atoms with E-state index in [2.05, 4.69) is 0 Å². The molecular weight excluding hydrogens is 328 g/mol. The summed E-state index contributed by atoms with van der Waals surface area (Å²) in [6.45, 7) is 2.00. The number of hydrogen-bond acceptors (Lipinski definition) is 4. The van der Waals surface area contributed by atoms with Crippen molar-refractivity contribution >= 4 is 27.7 Å². The molecule has 0 aliphatic heterocycles. The van der Waals surface area contributed by atoms with Crippen molar-refractivity contribution in [1.82, 2.24) is 0 Å². The second kappa shape index (κ2) is 6.48. The molecule has 0 saturated heterocycles. The first kappa shape index (κ1) is 16.1. The smallest absolute Gasteiger partial charge is 0.374 e. The Hall–Kier alpha value is -3.40. The molecule has 4 rings (SSSR count). The molecule has 0 unspecified atom stereocenters. The molecule has 3 aromatic carbocycles. The van der Waals surface area contributed by atoms with Gasteiger partial charge in [-0.1, -0.05) is 54.1 Å². The van der Waals surface area contributed by atoms with Crippen LogP contribution >= 0.6 is 0 Å². The predicted octanol–water partition coefficient (Wildman–Crippen LogP) is 4.61. The first-order valence-electron chi connectivity index (χ1n) is 8.30. The molecule has 0 radical (unpaired) electrons. The van der Waals surface area contributed by atoms with Crippen molar-refractivity contribution in [1.29, 1.82) is 0 Å². The van der Waals surface area contributed by atoms with Crippen LogP contribution in [0, 0.1) is 6.92 Å². The summed E-state index contributed by atoms with van der Waals surface area (Å²) in [6.07, 6.45) is 0. The summed E-state index contributed by atoms with van der Waals surface area (Å²) in [5.74, 6) is -0.746. The number of benzene rings is 3. The van der Waals surface area contributed by atoms with Gasteiger partial charge in [0.25, 0.3) is 0 Å². The van der Waals surface area contributed by atoms with Gasteiger partial charge in [0.15, 0.2) is 5.43 Å². The third kappa shape index (κ3) is 2.97. The summed E-state index contributed by atoms with van der Waals surface area (Å²) in [4.78, 5) is 24.6. The fourth-order valence-corrected chi connectivity index (χ4v) is 3.00. The summed E-state index contributed by atoms with van der Waals surface area (Å²) < 4.78 is 10.9. The minimum absolute atomic E-state index is 0.0911. The van der Waals surface area contributed by atoms with E-state index in [9.17, 15) is 9.59 Å². The van der Waals surface area contributed by atoms with Crippen LogP contribution in [0.3, 0.4) is 0 Å². The van der Waals surface area contributed by atoms with E-state index in [1.165, 1.54) is 6.07 Å². The lowest BCUT2D eigenvalue weighted by Gasteiger charge is -2.08. The van der Waals surface area contributed by atoms with Crippen LogP contribution in [0.15, 0.2) is 75.9 Å². The Kier molecular flexibility index (Phi) is 4.01. The molecule has 0 aliphatic rings. The van der Waals surface area contributed by atoms with Crippen LogP contribution in [0.4, 0.5) is 0 Å². The van der Waals surface area contributed by atoms with Crippen molar-refractivity contribution in [2.75, 3.05) is 0 Å². The van der Waals surface area contributed by atoms with Crippen LogP contribution in [0.25, 0.3) is 21.7 Å². The van der Waals surface area contributed by atoms with Gasteiger partial charge >= 0.3 is 5.97 Å². The molecule has 128 valence electrons. The van der Waals surface area contributed by atoms with Gasteiger partial charge in [0, 0.05) is 6.07 Å². The van der Waals surface area contributed by atoms with Crippen molar-refractivity contribution < 1.29 is 13.9 Å². The van der Waals surface area contributed by atoms with Crippen LogP contribution in [0.1, 0.15) is 21.7 Å². The number of aryl methyl sites for hydroxylation is 1. The zero-order chi connectivity index (χ0) is 18.1. The Morgan fingerprint density at radius 3 is 2.65 bits per heavy atom. The van der Waals surface area contributed by atoms with Crippen LogP contribution in [-0.4, -0.2) is 5.97 Å². The topological polar surface area (TPSA) is 56.5 Å². The van der Waals surface area contributed by atoms with Crippen molar-refractivity contribution in [2.45, 2.75) is 13.5 Å². The summed E-state index contributed by atoms with van der Waals surface area (Å²) in [5, 5.41) is 2.56. The number of fused-ring (bicyclic) bond motifs is 2. The lowest BCUT2D eigenvalue weighted by molar-refractivity contribution is 0.0438. The molecular formula is C22H16O4. The standard InChI is InChI=1S/C22H16O4/c1-14-9-10-20-18(11-14)19(23)12-21(26-20)22(24)25-13-16-7-4-6-15-5-2-3-8-17(15)16/h2-12H,13H2,1H3. The van der Waals surface area contributed by atoms with Gasteiger partial charge in [-0.2, -0.15) is 0 Å². The third-order valence-corrected chi connectivity index (χ3v) is 4.32. The van der Waals surface area contributed by atoms with Gasteiger partial charge in [-0.3, -0.25) is 4.79 Å². The molecule has 0 N–H and O–H groups in total. The van der Waals surface area contributed by atoms with E-state index < -0.39 is 5.97 Å². The molecule has 0 saturated carbocycles. The molecule has 0 bridgehead atoms. The zero-order valence-electron chi connectivity index (χ0n) is 14.2. The van der Waals surface area contributed by atoms with Gasteiger partial charge < -0.3 is 9.15 Å². The lowest BCUT2D eigenvalue weighted by atomic mass is 10.1. The van der Waals surface area contributed by atoms with Crippen LogP contribution in [0.2, 0.25) is 0 Å². The number of rotatable bonds is 3. The van der Waals surface area contributed by atoms with Gasteiger partial charge in [-0.25, -0.2) is 4.79 Å². The van der Waals surface area contributed by atoms with E-state index in [1.807, 2.05) is 55.5 Å². The van der Waals surface area contributed by atoms with Crippen molar-refractivity contribution in [3.63, 3.8) is 0 Å². The summed E-state index contributed by atoms with van der Waals surface area (Å²) in [7, 11) is 0. The second-order valence-corrected chi connectivity index (χ2v) is 6.19. The highest BCUT2D eigenvalue weighted by Crippen LogP contribution is 2.20. The van der Waals surface area contributed by atoms with E-state index in [-0.39, 0.29) is 17.8 Å². The fraction of sp³-hybridized carbons (Fsp3) is 0.0909. The maximum atomic E-state index is 12.4. The molecule has 0 fully saturated rings. The van der Waals surface area contributed by atoms with Crippen LogP contribution in [-0.2, 0) is 11.3 Å². The van der Waals surface area contributed by atoms with Crippen molar-refractivity contribution in [3.05, 3.63) is 93.8 Å². The number of esters is 1. The highest BCUT2D eigenvalue weighted by molar-refractivity contribution is 5.90. The fourth-order valence-electron chi connectivity index (χ4n) is 3.00. The molecule has 0 atom stereocenters. The van der Waals surface area contributed by atoms with Gasteiger partial charge in [-0.05, 0) is 35.4 Å². The van der Waals surface area contributed by atoms with E-state index in [1.54, 1.807) is 12.1 Å². The highest BCUT2D eigenvalue weighted by atomic mass is 16.5. The average Bonchev–Trinajstić information content (AvgIpc) is 2.66. The van der Waals surface area contributed by atoms with Crippen molar-refractivity contribution in [2.24, 2.45) is 0 Å². The van der Waals surface area contributed by atoms with Gasteiger partial charge in [-0.15, -0.1) is 0 Å². The highest BCUT2D eigenvalue weighted by Gasteiger charge is 2.14. The predicted molar refractivity (Wildman–Crippen MR) is 100 cm³/mol. The minimum Gasteiger partial charge on any atom is -0.455 e. The Morgan fingerprint density at radius 1 is 0.962 bits per heavy atom. The number of carbonyl (C=O) groups is 1. The number of carbonyl (C=O) groups excluding carboxylic acids is 1. The number of ether oxygens (including phenoxy) is 1. The molecule has 1 aromatic heterocycles. The summed E-state index contributed by atoms with van der Waals surface area (Å²) in [5.41, 5.74) is 1.97. The number of hydrogen-bond donors (Lipinski definition) is 0.